The largest absolute Gasteiger partial charge is 0.0917 e. The Morgan fingerprint density at radius 3 is 2.58 bits per heavy atom. The molecule has 0 nitrogen and oxygen atoms in total. The number of fused-ring (bicyclic) bond motifs is 1. The normalized spacial score (nSPS) is 10.3. The highest BCUT2D eigenvalue weighted by Gasteiger charge is 1.90. The summed E-state index contributed by atoms with van der Waals surface area (Å²) in [5.74, 6) is 0. The van der Waals surface area contributed by atoms with Crippen molar-refractivity contribution < 1.29 is 0 Å². The Morgan fingerprint density at radius 2 is 1.75 bits per heavy atom. The van der Waals surface area contributed by atoms with Gasteiger partial charge >= 0.3 is 0 Å². The molecule has 0 fully saturated rings. The van der Waals surface area contributed by atoms with Crippen LogP contribution in [0.4, 0.5) is 0 Å². The van der Waals surface area contributed by atoms with E-state index in [0.717, 1.165) is 10.4 Å². The Morgan fingerprint density at radius 1 is 0.917 bits per heavy atom. The molecule has 0 N–H and O–H groups in total. The molecule has 2 aromatic carbocycles. The van der Waals surface area contributed by atoms with Gasteiger partial charge in [-0.15, -0.1) is 0 Å². The van der Waals surface area contributed by atoms with Crippen LogP contribution in [0.15, 0.2) is 36.4 Å². The molecule has 0 aromatic heterocycles. The lowest BCUT2D eigenvalue weighted by Crippen LogP contribution is -2.03. The first-order chi connectivity index (χ1) is 5.77. The third kappa shape index (κ3) is 1.02. The van der Waals surface area contributed by atoms with Crippen molar-refractivity contribution in [2.45, 2.75) is 0 Å². The second-order valence-corrected chi connectivity index (χ2v) is 2.97. The van der Waals surface area contributed by atoms with Gasteiger partial charge < -0.3 is 0 Å². The van der Waals surface area contributed by atoms with Crippen LogP contribution in [-0.4, -0.2) is 0 Å². The molecular weight excluding hydrogens is 144 g/mol. The molecule has 0 heteroatoms. The van der Waals surface area contributed by atoms with E-state index in [-0.39, 0.29) is 0 Å². The average molecular weight is 154 g/mol. The van der Waals surface area contributed by atoms with Gasteiger partial charge in [0.1, 0.15) is 0 Å². The molecule has 0 spiro atoms. The third-order valence-corrected chi connectivity index (χ3v) is 2.04. The van der Waals surface area contributed by atoms with Gasteiger partial charge in [-0.1, -0.05) is 43.5 Å². The summed E-state index contributed by atoms with van der Waals surface area (Å²) in [5.41, 5.74) is 0. The van der Waals surface area contributed by atoms with E-state index in [9.17, 15) is 0 Å². The molecule has 0 amide bonds. The van der Waals surface area contributed by atoms with Crippen molar-refractivity contribution >= 4 is 23.9 Å². The highest BCUT2D eigenvalue weighted by molar-refractivity contribution is 5.82. The van der Waals surface area contributed by atoms with Crippen molar-refractivity contribution in [1.82, 2.24) is 0 Å². The fourth-order valence-corrected chi connectivity index (χ4v) is 1.38. The zero-order chi connectivity index (χ0) is 8.55. The van der Waals surface area contributed by atoms with Gasteiger partial charge in [-0.25, -0.2) is 0 Å². The zero-order valence-electron chi connectivity index (χ0n) is 6.88. The molecule has 58 valence electrons. The van der Waals surface area contributed by atoms with Crippen LogP contribution in [0.2, 0.25) is 0 Å². The topological polar surface area (TPSA) is 0 Å². The second-order valence-electron chi connectivity index (χ2n) is 2.97. The van der Waals surface area contributed by atoms with Crippen molar-refractivity contribution in [2.75, 3.05) is 0 Å². The number of hydrogen-bond donors (Lipinski definition) is 0. The molecule has 0 aliphatic carbocycles. The molecule has 2 rings (SSSR count). The van der Waals surface area contributed by atoms with E-state index in [1.165, 1.54) is 10.8 Å². The van der Waals surface area contributed by atoms with Crippen LogP contribution in [-0.2, 0) is 0 Å². The SMILES string of the molecule is C=c1ccc2cccc(=C)c2c1. The Labute approximate surface area is 71.5 Å². The maximum atomic E-state index is 3.96. The quantitative estimate of drug-likeness (QED) is 0.541. The highest BCUT2D eigenvalue weighted by Crippen LogP contribution is 2.04. The molecule has 0 unspecified atom stereocenters. The van der Waals surface area contributed by atoms with E-state index in [1.54, 1.807) is 0 Å². The van der Waals surface area contributed by atoms with Crippen molar-refractivity contribution in [2.24, 2.45) is 0 Å². The van der Waals surface area contributed by atoms with Crippen molar-refractivity contribution in [1.29, 1.82) is 0 Å². The van der Waals surface area contributed by atoms with Crippen molar-refractivity contribution in [3.05, 3.63) is 46.8 Å². The van der Waals surface area contributed by atoms with Gasteiger partial charge in [0.2, 0.25) is 0 Å². The highest BCUT2D eigenvalue weighted by atomic mass is 13.9. The maximum absolute atomic E-state index is 3.96. The third-order valence-electron chi connectivity index (χ3n) is 2.04. The van der Waals surface area contributed by atoms with Crippen molar-refractivity contribution in [3.63, 3.8) is 0 Å². The zero-order valence-corrected chi connectivity index (χ0v) is 6.88. The summed E-state index contributed by atoms with van der Waals surface area (Å²) in [5, 5.41) is 4.54. The smallest absolute Gasteiger partial charge is 0.0112 e. The molecule has 0 radical (unpaired) electrons. The van der Waals surface area contributed by atoms with Gasteiger partial charge in [0.05, 0.1) is 0 Å². The van der Waals surface area contributed by atoms with E-state index in [1.807, 2.05) is 18.2 Å². The minimum atomic E-state index is 1.04. The fraction of sp³-hybridized carbons (Fsp3) is 0. The number of rotatable bonds is 0. The average Bonchev–Trinajstić information content (AvgIpc) is 2.07. The van der Waals surface area contributed by atoms with Crippen LogP contribution < -0.4 is 10.4 Å². The molecule has 0 bridgehead atoms. The Bertz CT molecular complexity index is 509. The van der Waals surface area contributed by atoms with Gasteiger partial charge in [0.25, 0.3) is 0 Å². The summed E-state index contributed by atoms with van der Waals surface area (Å²) < 4.78 is 0. The Hall–Kier alpha value is -1.56. The van der Waals surface area contributed by atoms with Crippen molar-refractivity contribution in [3.8, 4) is 0 Å². The summed E-state index contributed by atoms with van der Waals surface area (Å²) in [4.78, 5) is 0. The number of benzene rings is 2. The summed E-state index contributed by atoms with van der Waals surface area (Å²) in [6, 6.07) is 12.3. The van der Waals surface area contributed by atoms with Crippen LogP contribution in [0.5, 0.6) is 0 Å². The van der Waals surface area contributed by atoms with E-state index < -0.39 is 0 Å². The monoisotopic (exact) mass is 154 g/mol. The summed E-state index contributed by atoms with van der Waals surface area (Å²) >= 11 is 0. The molecule has 0 saturated carbocycles. The minimum Gasteiger partial charge on any atom is -0.0917 e. The summed E-state index contributed by atoms with van der Waals surface area (Å²) in [6.07, 6.45) is 0. The van der Waals surface area contributed by atoms with Crippen LogP contribution in [0.25, 0.3) is 23.9 Å². The molecular formula is C12H10. The molecule has 0 saturated heterocycles. The maximum Gasteiger partial charge on any atom is -0.0112 e. The fourth-order valence-electron chi connectivity index (χ4n) is 1.38. The number of hydrogen-bond acceptors (Lipinski definition) is 0. The van der Waals surface area contributed by atoms with E-state index in [4.69, 9.17) is 0 Å². The van der Waals surface area contributed by atoms with Gasteiger partial charge in [0, 0.05) is 0 Å². The Kier molecular flexibility index (Phi) is 1.47. The van der Waals surface area contributed by atoms with Crippen LogP contribution in [0.3, 0.4) is 0 Å². The van der Waals surface area contributed by atoms with Gasteiger partial charge in [0.15, 0.2) is 0 Å². The Balaban J connectivity index is 3.08. The first-order valence-electron chi connectivity index (χ1n) is 3.94. The first-order valence-corrected chi connectivity index (χ1v) is 3.94. The van der Waals surface area contributed by atoms with Crippen LogP contribution in [0.1, 0.15) is 0 Å². The predicted octanol–water partition coefficient (Wildman–Crippen LogP) is 1.66. The first kappa shape index (κ1) is 7.11. The van der Waals surface area contributed by atoms with Gasteiger partial charge in [-0.05, 0) is 27.3 Å². The van der Waals surface area contributed by atoms with Gasteiger partial charge in [-0.3, -0.25) is 0 Å². The lowest BCUT2D eigenvalue weighted by Gasteiger charge is -1.96. The molecule has 0 aliphatic heterocycles. The predicted molar refractivity (Wildman–Crippen MR) is 54.2 cm³/mol. The molecule has 0 heterocycles. The summed E-state index contributed by atoms with van der Waals surface area (Å²) in [6.45, 7) is 7.85. The molecule has 0 atom stereocenters. The molecule has 12 heavy (non-hydrogen) atoms. The summed E-state index contributed by atoms with van der Waals surface area (Å²) in [7, 11) is 0. The van der Waals surface area contributed by atoms with E-state index >= 15 is 0 Å². The van der Waals surface area contributed by atoms with Gasteiger partial charge in [-0.2, -0.15) is 0 Å². The lowest BCUT2D eigenvalue weighted by molar-refractivity contribution is 1.65. The van der Waals surface area contributed by atoms with E-state index in [0.29, 0.717) is 0 Å². The molecule has 0 aliphatic rings. The second kappa shape index (κ2) is 2.49. The van der Waals surface area contributed by atoms with E-state index in [2.05, 4.69) is 31.4 Å². The lowest BCUT2D eigenvalue weighted by atomic mass is 10.1. The van der Waals surface area contributed by atoms with Crippen LogP contribution >= 0.6 is 0 Å². The minimum absolute atomic E-state index is 1.04. The van der Waals surface area contributed by atoms with Crippen LogP contribution in [0, 0.1) is 0 Å². The molecule has 2 aromatic rings. The standard InChI is InChI=1S/C12H10/c1-9-6-7-11-5-3-4-10(2)12(11)8-9/h3-8H,1-2H2.